The number of hydrogen-bond acceptors (Lipinski definition) is 5. The number of amides is 3. The van der Waals surface area contributed by atoms with E-state index in [1.54, 1.807) is 11.8 Å². The van der Waals surface area contributed by atoms with Crippen LogP contribution in [-0.4, -0.2) is 35.8 Å². The first kappa shape index (κ1) is 20.4. The Kier molecular flexibility index (Phi) is 4.61. The third-order valence-corrected chi connectivity index (χ3v) is 7.89. The maximum absolute atomic E-state index is 13.9. The number of benzene rings is 3. The van der Waals surface area contributed by atoms with E-state index in [0.717, 1.165) is 22.1 Å². The van der Waals surface area contributed by atoms with Crippen LogP contribution in [-0.2, 0) is 19.9 Å². The first-order valence-electron chi connectivity index (χ1n) is 11.1. The second-order valence-corrected chi connectivity index (χ2v) is 9.87. The van der Waals surface area contributed by atoms with Crippen molar-refractivity contribution in [3.8, 4) is 0 Å². The number of hydrogen-bond donors (Lipinski definition) is 2. The maximum Gasteiger partial charge on any atom is 0.250 e. The average Bonchev–Trinajstić information content (AvgIpc) is 3.42. The van der Waals surface area contributed by atoms with Crippen LogP contribution in [0.25, 0.3) is 10.8 Å². The van der Waals surface area contributed by atoms with Crippen LogP contribution in [0.5, 0.6) is 0 Å². The van der Waals surface area contributed by atoms with Gasteiger partial charge in [0, 0.05) is 17.3 Å². The molecule has 0 saturated carbocycles. The van der Waals surface area contributed by atoms with E-state index < -0.39 is 17.4 Å². The van der Waals surface area contributed by atoms with E-state index in [1.165, 1.54) is 4.90 Å². The quantitative estimate of drug-likeness (QED) is 0.586. The molecule has 3 amide bonds. The molecule has 1 spiro atoms. The molecule has 4 unspecified atom stereocenters. The van der Waals surface area contributed by atoms with Gasteiger partial charge in [-0.2, -0.15) is 11.8 Å². The minimum Gasteiger partial charge on any atom is -0.324 e. The van der Waals surface area contributed by atoms with Crippen molar-refractivity contribution in [2.75, 3.05) is 22.2 Å². The van der Waals surface area contributed by atoms with E-state index in [2.05, 4.69) is 10.6 Å². The number of para-hydroxylation sites is 1. The lowest BCUT2D eigenvalue weighted by atomic mass is 9.76. The highest BCUT2D eigenvalue weighted by atomic mass is 32.2. The van der Waals surface area contributed by atoms with E-state index in [4.69, 9.17) is 0 Å². The Labute approximate surface area is 195 Å². The number of carbonyl (C=O) groups is 3. The van der Waals surface area contributed by atoms with Crippen molar-refractivity contribution in [3.63, 3.8) is 0 Å². The smallest absolute Gasteiger partial charge is 0.250 e. The summed E-state index contributed by atoms with van der Waals surface area (Å²) in [7, 11) is 0. The summed E-state index contributed by atoms with van der Waals surface area (Å²) in [4.78, 5) is 42.5. The molecule has 7 heteroatoms. The number of imide groups is 1. The predicted octanol–water partition coefficient (Wildman–Crippen LogP) is 3.52. The lowest BCUT2D eigenvalue weighted by Crippen LogP contribution is -2.53. The molecular weight excluding hydrogens is 434 g/mol. The first-order chi connectivity index (χ1) is 16.1. The monoisotopic (exact) mass is 457 g/mol. The van der Waals surface area contributed by atoms with Gasteiger partial charge in [-0.1, -0.05) is 48.5 Å². The van der Waals surface area contributed by atoms with E-state index in [9.17, 15) is 14.4 Å². The van der Waals surface area contributed by atoms with Gasteiger partial charge in [-0.05, 0) is 47.4 Å². The van der Waals surface area contributed by atoms with Gasteiger partial charge >= 0.3 is 0 Å². The molecule has 4 atom stereocenters. The summed E-state index contributed by atoms with van der Waals surface area (Å²) >= 11 is 1.69. The van der Waals surface area contributed by atoms with E-state index >= 15 is 0 Å². The molecule has 2 saturated heterocycles. The van der Waals surface area contributed by atoms with Crippen molar-refractivity contribution >= 4 is 51.6 Å². The third-order valence-electron chi connectivity index (χ3n) is 7.25. The second-order valence-electron chi connectivity index (χ2n) is 8.89. The van der Waals surface area contributed by atoms with Crippen molar-refractivity contribution < 1.29 is 14.4 Å². The minimum atomic E-state index is -1.23. The summed E-state index contributed by atoms with van der Waals surface area (Å²) < 4.78 is 0. The molecule has 166 valence electrons. The van der Waals surface area contributed by atoms with Crippen LogP contribution in [0.15, 0.2) is 66.7 Å². The van der Waals surface area contributed by atoms with Gasteiger partial charge in [-0.15, -0.1) is 0 Å². The molecule has 3 aliphatic rings. The summed E-state index contributed by atoms with van der Waals surface area (Å²) in [6, 6.07) is 20.7. The molecule has 3 aromatic rings. The summed E-state index contributed by atoms with van der Waals surface area (Å²) in [5.41, 5.74) is 0.772. The SMILES string of the molecule is CSCCC1NC2(C(=O)Nc3ccccc32)C2C(=O)N(c3ccc4ccccc4c3)C(=O)C12. The Hall–Kier alpha value is -3.16. The fraction of sp³-hybridized carbons (Fsp3) is 0.269. The van der Waals surface area contributed by atoms with Crippen molar-refractivity contribution in [1.82, 2.24) is 5.32 Å². The number of nitrogens with one attached hydrogen (secondary N) is 2. The van der Waals surface area contributed by atoms with Gasteiger partial charge in [0.25, 0.3) is 0 Å². The molecule has 3 aromatic carbocycles. The Morgan fingerprint density at radius 3 is 2.52 bits per heavy atom. The molecule has 2 fully saturated rings. The number of fused-ring (bicyclic) bond motifs is 5. The van der Waals surface area contributed by atoms with Crippen LogP contribution in [0.3, 0.4) is 0 Å². The highest BCUT2D eigenvalue weighted by Crippen LogP contribution is 2.54. The molecule has 3 aliphatic heterocycles. The highest BCUT2D eigenvalue weighted by Gasteiger charge is 2.70. The van der Waals surface area contributed by atoms with Crippen LogP contribution in [0, 0.1) is 11.8 Å². The summed E-state index contributed by atoms with van der Waals surface area (Å²) in [6.45, 7) is 0. The molecule has 0 radical (unpaired) electrons. The largest absolute Gasteiger partial charge is 0.324 e. The molecule has 3 heterocycles. The summed E-state index contributed by atoms with van der Waals surface area (Å²) in [5.74, 6) is -1.34. The predicted molar refractivity (Wildman–Crippen MR) is 130 cm³/mol. The molecular formula is C26H23N3O3S. The molecule has 6 nitrogen and oxygen atoms in total. The van der Waals surface area contributed by atoms with Gasteiger partial charge in [-0.25, -0.2) is 4.90 Å². The van der Waals surface area contributed by atoms with Crippen LogP contribution >= 0.6 is 11.8 Å². The van der Waals surface area contributed by atoms with Crippen LogP contribution in [0.1, 0.15) is 12.0 Å². The number of thioether (sulfide) groups is 1. The molecule has 0 bridgehead atoms. The van der Waals surface area contributed by atoms with Crippen molar-refractivity contribution in [2.45, 2.75) is 18.0 Å². The average molecular weight is 458 g/mol. The van der Waals surface area contributed by atoms with Crippen LogP contribution < -0.4 is 15.5 Å². The van der Waals surface area contributed by atoms with E-state index in [0.29, 0.717) is 17.8 Å². The highest BCUT2D eigenvalue weighted by molar-refractivity contribution is 7.98. The molecule has 6 rings (SSSR count). The minimum absolute atomic E-state index is 0.229. The zero-order valence-electron chi connectivity index (χ0n) is 18.1. The van der Waals surface area contributed by atoms with E-state index in [1.807, 2.05) is 73.0 Å². The number of carbonyl (C=O) groups excluding carboxylic acids is 3. The fourth-order valence-electron chi connectivity index (χ4n) is 5.82. The third kappa shape index (κ3) is 2.75. The topological polar surface area (TPSA) is 78.5 Å². The van der Waals surface area contributed by atoms with Crippen LogP contribution in [0.4, 0.5) is 11.4 Å². The van der Waals surface area contributed by atoms with Crippen molar-refractivity contribution in [1.29, 1.82) is 0 Å². The molecule has 2 N–H and O–H groups in total. The van der Waals surface area contributed by atoms with Gasteiger partial charge in [0.05, 0.1) is 17.5 Å². The molecule has 33 heavy (non-hydrogen) atoms. The maximum atomic E-state index is 13.9. The number of anilines is 2. The van der Waals surface area contributed by atoms with Gasteiger partial charge in [-0.3, -0.25) is 19.7 Å². The Morgan fingerprint density at radius 1 is 0.939 bits per heavy atom. The zero-order valence-corrected chi connectivity index (χ0v) is 18.9. The van der Waals surface area contributed by atoms with Gasteiger partial charge in [0.1, 0.15) is 5.54 Å². The van der Waals surface area contributed by atoms with Crippen molar-refractivity contribution in [3.05, 3.63) is 72.3 Å². The molecule has 0 aromatic heterocycles. The number of rotatable bonds is 4. The van der Waals surface area contributed by atoms with Crippen LogP contribution in [0.2, 0.25) is 0 Å². The summed E-state index contributed by atoms with van der Waals surface area (Å²) in [5, 5.41) is 8.43. The zero-order chi connectivity index (χ0) is 22.7. The first-order valence-corrected chi connectivity index (χ1v) is 12.5. The molecule has 0 aliphatic carbocycles. The van der Waals surface area contributed by atoms with Gasteiger partial charge in [0.2, 0.25) is 17.7 Å². The van der Waals surface area contributed by atoms with E-state index in [-0.39, 0.29) is 23.8 Å². The Balaban J connectivity index is 1.49. The Bertz CT molecular complexity index is 1320. The lowest BCUT2D eigenvalue weighted by Gasteiger charge is -2.29. The normalized spacial score (nSPS) is 28.0. The number of nitrogens with zero attached hydrogens (tertiary/aromatic N) is 1. The standard InChI is InChI=1S/C26H23N3O3S/c1-33-13-12-20-21-22(26(28-20)18-8-4-5-9-19(18)27-25(26)32)24(31)29(23(21)30)17-11-10-15-6-2-3-7-16(15)14-17/h2-11,14,20-22,28H,12-13H2,1H3,(H,27,32). The second kappa shape index (κ2) is 7.43. The Morgan fingerprint density at radius 2 is 1.70 bits per heavy atom. The fourth-order valence-corrected chi connectivity index (χ4v) is 6.31. The van der Waals surface area contributed by atoms with Gasteiger partial charge in [0.15, 0.2) is 0 Å². The van der Waals surface area contributed by atoms with Gasteiger partial charge < -0.3 is 5.32 Å². The summed E-state index contributed by atoms with van der Waals surface area (Å²) in [6.07, 6.45) is 2.72. The van der Waals surface area contributed by atoms with Crippen molar-refractivity contribution in [2.24, 2.45) is 11.8 Å². The lowest BCUT2D eigenvalue weighted by molar-refractivity contribution is -0.130.